The molecule has 0 spiro atoms. The minimum atomic E-state index is -0.408. The summed E-state index contributed by atoms with van der Waals surface area (Å²) in [6.45, 7) is 3.90. The third-order valence-electron chi connectivity index (χ3n) is 2.80. The van der Waals surface area contributed by atoms with Crippen LogP contribution in [-0.4, -0.2) is 26.2 Å². The molecule has 1 N–H and O–H groups in total. The second-order valence-electron chi connectivity index (χ2n) is 4.12. The van der Waals surface area contributed by atoms with E-state index < -0.39 is 4.92 Å². The molecule has 0 atom stereocenters. The molecule has 7 nitrogen and oxygen atoms in total. The average Bonchev–Trinajstić information content (AvgIpc) is 2.85. The van der Waals surface area contributed by atoms with E-state index in [1.54, 1.807) is 10.7 Å². The van der Waals surface area contributed by atoms with Crippen molar-refractivity contribution in [2.45, 2.75) is 20.0 Å². The van der Waals surface area contributed by atoms with Crippen LogP contribution in [0.5, 0.6) is 0 Å². The van der Waals surface area contributed by atoms with Crippen LogP contribution in [0.2, 0.25) is 0 Å². The second kappa shape index (κ2) is 6.58. The third-order valence-corrected chi connectivity index (χ3v) is 3.72. The number of nitrogens with zero attached hydrogens (tertiary/aromatic N) is 4. The summed E-state index contributed by atoms with van der Waals surface area (Å²) < 4.78 is 2.21. The van der Waals surface area contributed by atoms with E-state index in [1.165, 1.54) is 12.4 Å². The lowest BCUT2D eigenvalue weighted by Gasteiger charge is -2.08. The molecule has 1 aromatic carbocycles. The minimum Gasteiger partial charge on any atom is -0.310 e. The van der Waals surface area contributed by atoms with Gasteiger partial charge >= 0.3 is 0 Å². The van der Waals surface area contributed by atoms with Crippen LogP contribution >= 0.6 is 15.9 Å². The summed E-state index contributed by atoms with van der Waals surface area (Å²) >= 11 is 3.29. The molecule has 20 heavy (non-hydrogen) atoms. The van der Waals surface area contributed by atoms with Crippen LogP contribution in [0.4, 0.5) is 5.69 Å². The highest BCUT2D eigenvalue weighted by Gasteiger charge is 2.16. The van der Waals surface area contributed by atoms with E-state index in [1.807, 2.05) is 13.0 Å². The molecule has 0 fully saturated rings. The molecule has 2 aromatic rings. The molecule has 0 bridgehead atoms. The van der Waals surface area contributed by atoms with E-state index in [-0.39, 0.29) is 5.69 Å². The van der Waals surface area contributed by atoms with Crippen LogP contribution < -0.4 is 5.32 Å². The predicted molar refractivity (Wildman–Crippen MR) is 77.3 cm³/mol. The fourth-order valence-corrected chi connectivity index (χ4v) is 2.32. The van der Waals surface area contributed by atoms with E-state index in [9.17, 15) is 10.1 Å². The third kappa shape index (κ3) is 3.20. The number of nitrogens with one attached hydrogen (secondary N) is 1. The van der Waals surface area contributed by atoms with Crippen molar-refractivity contribution in [2.75, 3.05) is 6.54 Å². The average molecular weight is 340 g/mol. The zero-order valence-corrected chi connectivity index (χ0v) is 12.5. The Kier molecular flexibility index (Phi) is 4.80. The molecular weight excluding hydrogens is 326 g/mol. The first kappa shape index (κ1) is 14.6. The van der Waals surface area contributed by atoms with E-state index in [2.05, 4.69) is 31.3 Å². The Morgan fingerprint density at radius 2 is 2.30 bits per heavy atom. The molecule has 2 rings (SSSR count). The van der Waals surface area contributed by atoms with Gasteiger partial charge in [-0.05, 0) is 28.0 Å². The monoisotopic (exact) mass is 339 g/mol. The lowest BCUT2D eigenvalue weighted by molar-refractivity contribution is -0.385. The van der Waals surface area contributed by atoms with Gasteiger partial charge in [0.1, 0.15) is 16.6 Å². The maximum Gasteiger partial charge on any atom is 0.283 e. The molecule has 0 unspecified atom stereocenters. The first-order valence-corrected chi connectivity index (χ1v) is 6.92. The minimum absolute atomic E-state index is 0.0517. The molecule has 0 radical (unpaired) electrons. The van der Waals surface area contributed by atoms with Crippen molar-refractivity contribution in [2.24, 2.45) is 0 Å². The van der Waals surface area contributed by atoms with Crippen molar-refractivity contribution in [3.63, 3.8) is 0 Å². The Balaban J connectivity index is 2.24. The largest absolute Gasteiger partial charge is 0.310 e. The highest BCUT2D eigenvalue weighted by molar-refractivity contribution is 9.10. The first-order valence-electron chi connectivity index (χ1n) is 6.12. The van der Waals surface area contributed by atoms with Crippen molar-refractivity contribution in [1.82, 2.24) is 20.1 Å². The zero-order valence-electron chi connectivity index (χ0n) is 10.9. The van der Waals surface area contributed by atoms with E-state index in [0.717, 1.165) is 17.9 Å². The summed E-state index contributed by atoms with van der Waals surface area (Å²) in [5, 5.41) is 18.2. The second-order valence-corrected chi connectivity index (χ2v) is 4.91. The van der Waals surface area contributed by atoms with Crippen LogP contribution in [-0.2, 0) is 13.1 Å². The van der Waals surface area contributed by atoms with Gasteiger partial charge < -0.3 is 5.32 Å². The van der Waals surface area contributed by atoms with Gasteiger partial charge in [0.05, 0.1) is 18.0 Å². The molecule has 0 saturated heterocycles. The normalized spacial score (nSPS) is 10.7. The van der Waals surface area contributed by atoms with E-state index in [4.69, 9.17) is 0 Å². The summed E-state index contributed by atoms with van der Waals surface area (Å²) in [4.78, 5) is 14.7. The molecular formula is C12H14BrN5O2. The zero-order chi connectivity index (χ0) is 14.5. The van der Waals surface area contributed by atoms with Crippen LogP contribution in [0.15, 0.2) is 29.0 Å². The number of nitro benzene ring substituents is 1. The number of nitro groups is 1. The molecule has 1 heterocycles. The van der Waals surface area contributed by atoms with Gasteiger partial charge in [-0.3, -0.25) is 10.1 Å². The Morgan fingerprint density at radius 3 is 3.00 bits per heavy atom. The standard InChI is InChI=1S/C12H14BrN5O2/c1-2-14-6-11-15-8-16-17(11)7-9-4-3-5-10(12(9)13)18(19)20/h3-5,8,14H,2,6-7H2,1H3. The number of rotatable bonds is 6. The number of benzene rings is 1. The summed E-state index contributed by atoms with van der Waals surface area (Å²) in [6.07, 6.45) is 1.48. The fraction of sp³-hybridized carbons (Fsp3) is 0.333. The van der Waals surface area contributed by atoms with Crippen LogP contribution in [0.1, 0.15) is 18.3 Å². The summed E-state index contributed by atoms with van der Waals surface area (Å²) in [5.41, 5.74) is 0.846. The lowest BCUT2D eigenvalue weighted by atomic mass is 10.2. The fourth-order valence-electron chi connectivity index (χ4n) is 1.78. The predicted octanol–water partition coefficient (Wildman–Crippen LogP) is 2.11. The van der Waals surface area contributed by atoms with Crippen molar-refractivity contribution < 1.29 is 4.92 Å². The van der Waals surface area contributed by atoms with Crippen molar-refractivity contribution in [1.29, 1.82) is 0 Å². The topological polar surface area (TPSA) is 85.9 Å². The Morgan fingerprint density at radius 1 is 1.50 bits per heavy atom. The van der Waals surface area contributed by atoms with E-state index >= 15 is 0 Å². The van der Waals surface area contributed by atoms with Gasteiger partial charge in [0.2, 0.25) is 0 Å². The van der Waals surface area contributed by atoms with Crippen LogP contribution in [0.25, 0.3) is 0 Å². The Hall–Kier alpha value is -1.80. The summed E-state index contributed by atoms with van der Waals surface area (Å²) in [6, 6.07) is 4.96. The molecule has 0 saturated carbocycles. The summed E-state index contributed by atoms with van der Waals surface area (Å²) in [7, 11) is 0. The molecule has 0 aliphatic carbocycles. The smallest absolute Gasteiger partial charge is 0.283 e. The lowest BCUT2D eigenvalue weighted by Crippen LogP contribution is -2.17. The first-order chi connectivity index (χ1) is 9.63. The molecule has 106 valence electrons. The van der Waals surface area contributed by atoms with E-state index in [0.29, 0.717) is 17.6 Å². The molecule has 0 aliphatic heterocycles. The van der Waals surface area contributed by atoms with Crippen LogP contribution in [0.3, 0.4) is 0 Å². The number of hydrogen-bond donors (Lipinski definition) is 1. The number of hydrogen-bond acceptors (Lipinski definition) is 5. The van der Waals surface area contributed by atoms with Crippen LogP contribution in [0, 0.1) is 10.1 Å². The highest BCUT2D eigenvalue weighted by Crippen LogP contribution is 2.28. The van der Waals surface area contributed by atoms with Gasteiger partial charge in [0.25, 0.3) is 5.69 Å². The van der Waals surface area contributed by atoms with Crippen molar-refractivity contribution in [3.05, 3.63) is 50.5 Å². The quantitative estimate of drug-likeness (QED) is 0.643. The van der Waals surface area contributed by atoms with Gasteiger partial charge in [-0.1, -0.05) is 19.1 Å². The maximum absolute atomic E-state index is 10.9. The number of aromatic nitrogens is 3. The molecule has 1 aromatic heterocycles. The summed E-state index contributed by atoms with van der Waals surface area (Å²) in [5.74, 6) is 0.797. The number of halogens is 1. The molecule has 8 heteroatoms. The Bertz CT molecular complexity index is 614. The van der Waals surface area contributed by atoms with Gasteiger partial charge in [0, 0.05) is 6.07 Å². The molecule has 0 aliphatic rings. The van der Waals surface area contributed by atoms with Crippen molar-refractivity contribution >= 4 is 21.6 Å². The van der Waals surface area contributed by atoms with Crippen molar-refractivity contribution in [3.8, 4) is 0 Å². The molecule has 0 amide bonds. The van der Waals surface area contributed by atoms with Gasteiger partial charge in [0.15, 0.2) is 0 Å². The highest BCUT2D eigenvalue weighted by atomic mass is 79.9. The Labute approximate surface area is 124 Å². The SMILES string of the molecule is CCNCc1ncnn1Cc1cccc([N+](=O)[O-])c1Br. The maximum atomic E-state index is 10.9. The van der Waals surface area contributed by atoms with Gasteiger partial charge in [-0.25, -0.2) is 9.67 Å². The van der Waals surface area contributed by atoms with Gasteiger partial charge in [-0.15, -0.1) is 0 Å². The van der Waals surface area contributed by atoms with Gasteiger partial charge in [-0.2, -0.15) is 5.10 Å².